The van der Waals surface area contributed by atoms with Crippen LogP contribution in [0.4, 0.5) is 4.39 Å². The molecule has 0 N–H and O–H groups in total. The summed E-state index contributed by atoms with van der Waals surface area (Å²) >= 11 is 11.9. The van der Waals surface area contributed by atoms with Crippen LogP contribution in [0, 0.1) is 11.7 Å². The Hall–Kier alpha value is -1.59. The van der Waals surface area contributed by atoms with Crippen molar-refractivity contribution in [2.75, 3.05) is 6.61 Å². The maximum atomic E-state index is 13.2. The van der Waals surface area contributed by atoms with E-state index in [0.717, 1.165) is 42.6 Å². The summed E-state index contributed by atoms with van der Waals surface area (Å²) in [6, 6.07) is 6.09. The summed E-state index contributed by atoms with van der Waals surface area (Å²) in [6.45, 7) is 0.198. The number of carbonyl (C=O) groups excluding carboxylic acids is 1. The molecule has 4 rings (SSSR count). The number of carbonyl (C=O) groups is 1. The first-order chi connectivity index (χ1) is 12.0. The summed E-state index contributed by atoms with van der Waals surface area (Å²) in [5.41, 5.74) is 3.01. The molecule has 1 aromatic heterocycles. The van der Waals surface area contributed by atoms with Crippen molar-refractivity contribution in [3.05, 3.63) is 47.0 Å². The fourth-order valence-electron chi connectivity index (χ4n) is 3.25. The topological polar surface area (TPSA) is 44.1 Å². The number of esters is 1. The van der Waals surface area contributed by atoms with E-state index < -0.39 is 10.3 Å². The van der Waals surface area contributed by atoms with Gasteiger partial charge < -0.3 is 4.74 Å². The number of hydrogen-bond acceptors (Lipinski definition) is 3. The number of halogens is 3. The fourth-order valence-corrected chi connectivity index (χ4v) is 3.75. The second kappa shape index (κ2) is 6.29. The van der Waals surface area contributed by atoms with Crippen molar-refractivity contribution in [3.63, 3.8) is 0 Å². The Morgan fingerprint density at radius 1 is 1.28 bits per heavy atom. The number of rotatable bonds is 4. The standard InChI is InChI=1S/C18H17Cl2FN2O2/c19-18(20)9-11(18)10-25-17(24)16-14-3-1-2-4-15(14)23(22-16)13-7-5-12(21)6-8-13/h5-8,11H,1-4,9-10H2. The zero-order chi connectivity index (χ0) is 17.6. The van der Waals surface area contributed by atoms with Gasteiger partial charge in [0.1, 0.15) is 10.2 Å². The third-order valence-electron chi connectivity index (χ3n) is 4.82. The van der Waals surface area contributed by atoms with Crippen molar-refractivity contribution in [1.82, 2.24) is 9.78 Å². The Labute approximate surface area is 154 Å². The average molecular weight is 383 g/mol. The average Bonchev–Trinajstić information content (AvgIpc) is 3.03. The zero-order valence-corrected chi connectivity index (χ0v) is 15.0. The summed E-state index contributed by atoms with van der Waals surface area (Å²) < 4.78 is 19.5. The third-order valence-corrected chi connectivity index (χ3v) is 5.74. The second-order valence-electron chi connectivity index (χ2n) is 6.63. The first-order valence-electron chi connectivity index (χ1n) is 8.37. The number of nitrogens with zero attached hydrogens (tertiary/aromatic N) is 2. The van der Waals surface area contributed by atoms with Crippen molar-refractivity contribution in [3.8, 4) is 5.69 Å². The molecule has 0 spiro atoms. The molecule has 2 aliphatic rings. The number of aromatic nitrogens is 2. The normalized spacial score (nSPS) is 20.8. The van der Waals surface area contributed by atoms with Crippen LogP contribution in [0.5, 0.6) is 0 Å². The highest BCUT2D eigenvalue weighted by atomic mass is 35.5. The molecule has 0 amide bonds. The fraction of sp³-hybridized carbons (Fsp3) is 0.444. The van der Waals surface area contributed by atoms with Crippen LogP contribution in [0.2, 0.25) is 0 Å². The SMILES string of the molecule is O=C(OCC1CC1(Cl)Cl)c1nn(-c2ccc(F)cc2)c2c1CCCC2. The molecule has 0 bridgehead atoms. The van der Waals surface area contributed by atoms with Crippen LogP contribution in [-0.4, -0.2) is 26.7 Å². The van der Waals surface area contributed by atoms with E-state index in [9.17, 15) is 9.18 Å². The van der Waals surface area contributed by atoms with Crippen molar-refractivity contribution in [2.45, 2.75) is 36.4 Å². The van der Waals surface area contributed by atoms with Crippen molar-refractivity contribution >= 4 is 29.2 Å². The largest absolute Gasteiger partial charge is 0.460 e. The molecule has 2 aromatic rings. The Morgan fingerprint density at radius 2 is 1.96 bits per heavy atom. The van der Waals surface area contributed by atoms with Gasteiger partial charge in [-0.15, -0.1) is 23.2 Å². The third kappa shape index (κ3) is 3.27. The van der Waals surface area contributed by atoms with Gasteiger partial charge in [-0.25, -0.2) is 13.9 Å². The molecule has 25 heavy (non-hydrogen) atoms. The summed E-state index contributed by atoms with van der Waals surface area (Å²) in [7, 11) is 0. The van der Waals surface area contributed by atoms with Crippen LogP contribution in [0.25, 0.3) is 5.69 Å². The van der Waals surface area contributed by atoms with E-state index in [1.54, 1.807) is 16.8 Å². The maximum absolute atomic E-state index is 13.2. The number of ether oxygens (including phenoxy) is 1. The van der Waals surface area contributed by atoms with Crippen LogP contribution in [-0.2, 0) is 17.6 Å². The summed E-state index contributed by atoms with van der Waals surface area (Å²) in [4.78, 5) is 12.5. The minimum absolute atomic E-state index is 0.0187. The lowest BCUT2D eigenvalue weighted by atomic mass is 9.95. The van der Waals surface area contributed by atoms with Crippen LogP contribution in [0.3, 0.4) is 0 Å². The molecule has 4 nitrogen and oxygen atoms in total. The lowest BCUT2D eigenvalue weighted by molar-refractivity contribution is 0.0476. The molecule has 1 fully saturated rings. The predicted octanol–water partition coefficient (Wildman–Crippen LogP) is 4.24. The van der Waals surface area contributed by atoms with Gasteiger partial charge in [0, 0.05) is 17.2 Å². The van der Waals surface area contributed by atoms with Crippen molar-refractivity contribution < 1.29 is 13.9 Å². The van der Waals surface area contributed by atoms with E-state index in [-0.39, 0.29) is 18.3 Å². The smallest absolute Gasteiger partial charge is 0.359 e. The molecular formula is C18H17Cl2FN2O2. The van der Waals surface area contributed by atoms with E-state index in [4.69, 9.17) is 27.9 Å². The monoisotopic (exact) mass is 382 g/mol. The Bertz CT molecular complexity index is 817. The molecule has 1 atom stereocenters. The van der Waals surface area contributed by atoms with Crippen LogP contribution in [0.15, 0.2) is 24.3 Å². The molecule has 132 valence electrons. The molecule has 0 radical (unpaired) electrons. The van der Waals surface area contributed by atoms with Crippen LogP contribution in [0.1, 0.15) is 41.0 Å². The molecule has 1 heterocycles. The van der Waals surface area contributed by atoms with Gasteiger partial charge in [0.2, 0.25) is 0 Å². The van der Waals surface area contributed by atoms with Gasteiger partial charge in [-0.05, 0) is 56.4 Å². The molecule has 1 saturated carbocycles. The number of alkyl halides is 2. The molecule has 0 aliphatic heterocycles. The van der Waals surface area contributed by atoms with Crippen molar-refractivity contribution in [1.29, 1.82) is 0 Å². The van der Waals surface area contributed by atoms with E-state index in [0.29, 0.717) is 12.1 Å². The molecule has 1 unspecified atom stereocenters. The summed E-state index contributed by atoms with van der Waals surface area (Å²) in [6.07, 6.45) is 4.31. The highest BCUT2D eigenvalue weighted by Gasteiger charge is 2.52. The number of benzene rings is 1. The first kappa shape index (κ1) is 16.9. The van der Waals surface area contributed by atoms with Gasteiger partial charge in [0.15, 0.2) is 5.69 Å². The maximum Gasteiger partial charge on any atom is 0.359 e. The van der Waals surface area contributed by atoms with Gasteiger partial charge in [0.05, 0.1) is 12.3 Å². The minimum atomic E-state index is -0.771. The Balaban J connectivity index is 1.61. The Morgan fingerprint density at radius 3 is 2.64 bits per heavy atom. The van der Waals surface area contributed by atoms with E-state index >= 15 is 0 Å². The lowest BCUT2D eigenvalue weighted by Crippen LogP contribution is -2.13. The molecule has 1 aromatic carbocycles. The van der Waals surface area contributed by atoms with Gasteiger partial charge in [0.25, 0.3) is 0 Å². The van der Waals surface area contributed by atoms with E-state index in [2.05, 4.69) is 5.10 Å². The summed E-state index contributed by atoms with van der Waals surface area (Å²) in [5.74, 6) is -0.774. The van der Waals surface area contributed by atoms with Gasteiger partial charge in [-0.3, -0.25) is 0 Å². The van der Waals surface area contributed by atoms with Gasteiger partial charge in [-0.1, -0.05) is 0 Å². The molecular weight excluding hydrogens is 366 g/mol. The van der Waals surface area contributed by atoms with Gasteiger partial charge >= 0.3 is 5.97 Å². The van der Waals surface area contributed by atoms with Crippen LogP contribution >= 0.6 is 23.2 Å². The minimum Gasteiger partial charge on any atom is -0.460 e. The van der Waals surface area contributed by atoms with Gasteiger partial charge in [-0.2, -0.15) is 5.10 Å². The predicted molar refractivity (Wildman–Crippen MR) is 93.0 cm³/mol. The van der Waals surface area contributed by atoms with E-state index in [1.807, 2.05) is 0 Å². The molecule has 0 saturated heterocycles. The first-order valence-corrected chi connectivity index (χ1v) is 9.13. The highest BCUT2D eigenvalue weighted by molar-refractivity contribution is 6.50. The second-order valence-corrected chi connectivity index (χ2v) is 8.17. The van der Waals surface area contributed by atoms with E-state index in [1.165, 1.54) is 12.1 Å². The number of hydrogen-bond donors (Lipinski definition) is 0. The summed E-state index contributed by atoms with van der Waals surface area (Å²) in [5, 5.41) is 4.48. The zero-order valence-electron chi connectivity index (χ0n) is 13.5. The van der Waals surface area contributed by atoms with Crippen molar-refractivity contribution in [2.24, 2.45) is 5.92 Å². The lowest BCUT2D eigenvalue weighted by Gasteiger charge is -2.14. The number of fused-ring (bicyclic) bond motifs is 1. The molecule has 7 heteroatoms. The van der Waals surface area contributed by atoms with Crippen LogP contribution < -0.4 is 0 Å². The quantitative estimate of drug-likeness (QED) is 0.586. The Kier molecular flexibility index (Phi) is 4.24. The molecule has 2 aliphatic carbocycles. The highest BCUT2D eigenvalue weighted by Crippen LogP contribution is 2.53.